The van der Waals surface area contributed by atoms with Gasteiger partial charge in [0.1, 0.15) is 0 Å². The van der Waals surface area contributed by atoms with Crippen molar-refractivity contribution in [1.29, 1.82) is 0 Å². The SMILES string of the molecule is CN(C[C@H]1CCCO1)C(=O)NC1[C@H]2CNC[C@@H]12. The number of piperidine rings is 1. The molecule has 1 saturated carbocycles. The topological polar surface area (TPSA) is 53.6 Å². The fourth-order valence-corrected chi connectivity index (χ4v) is 3.06. The second-order valence-corrected chi connectivity index (χ2v) is 5.48. The predicted octanol–water partition coefficient (Wildman–Crippen LogP) is 0.0246. The van der Waals surface area contributed by atoms with Gasteiger partial charge in [-0.1, -0.05) is 0 Å². The Balaban J connectivity index is 1.42. The molecule has 2 amide bonds. The molecule has 1 unspecified atom stereocenters. The third kappa shape index (κ3) is 2.26. The van der Waals surface area contributed by atoms with Gasteiger partial charge in [-0.3, -0.25) is 0 Å². The van der Waals surface area contributed by atoms with Crippen LogP contribution in [0.1, 0.15) is 12.8 Å². The lowest BCUT2D eigenvalue weighted by atomic mass is 10.2. The van der Waals surface area contributed by atoms with Gasteiger partial charge in [-0.25, -0.2) is 4.79 Å². The van der Waals surface area contributed by atoms with Crippen LogP contribution in [0, 0.1) is 11.8 Å². The molecular weight excluding hydrogens is 218 g/mol. The number of rotatable bonds is 3. The van der Waals surface area contributed by atoms with Crippen LogP contribution in [0.2, 0.25) is 0 Å². The van der Waals surface area contributed by atoms with Gasteiger partial charge in [0.15, 0.2) is 0 Å². The van der Waals surface area contributed by atoms with Crippen molar-refractivity contribution >= 4 is 6.03 Å². The molecule has 2 saturated heterocycles. The van der Waals surface area contributed by atoms with Gasteiger partial charge < -0.3 is 20.3 Å². The number of ether oxygens (including phenoxy) is 1. The minimum Gasteiger partial charge on any atom is -0.376 e. The molecule has 0 aromatic heterocycles. The maximum absolute atomic E-state index is 12.0. The Hall–Kier alpha value is -0.810. The first-order valence-electron chi connectivity index (χ1n) is 6.59. The molecule has 2 aliphatic heterocycles. The predicted molar refractivity (Wildman–Crippen MR) is 63.8 cm³/mol. The molecule has 4 atom stereocenters. The molecular formula is C12H21N3O2. The summed E-state index contributed by atoms with van der Waals surface area (Å²) in [7, 11) is 1.85. The highest BCUT2D eigenvalue weighted by molar-refractivity contribution is 5.74. The van der Waals surface area contributed by atoms with Crippen LogP contribution >= 0.6 is 0 Å². The van der Waals surface area contributed by atoms with E-state index in [1.807, 2.05) is 7.05 Å². The van der Waals surface area contributed by atoms with E-state index in [0.29, 0.717) is 24.4 Å². The molecule has 0 aromatic rings. The summed E-state index contributed by atoms with van der Waals surface area (Å²) in [5, 5.41) is 6.45. The van der Waals surface area contributed by atoms with Crippen molar-refractivity contribution in [2.75, 3.05) is 33.3 Å². The van der Waals surface area contributed by atoms with Crippen LogP contribution in [-0.4, -0.2) is 56.4 Å². The number of carbonyl (C=O) groups is 1. The van der Waals surface area contributed by atoms with Crippen molar-refractivity contribution in [2.45, 2.75) is 25.0 Å². The second-order valence-electron chi connectivity index (χ2n) is 5.48. The maximum atomic E-state index is 12.0. The highest BCUT2D eigenvalue weighted by Crippen LogP contribution is 2.41. The van der Waals surface area contributed by atoms with E-state index in [9.17, 15) is 4.79 Å². The van der Waals surface area contributed by atoms with Crippen LogP contribution < -0.4 is 10.6 Å². The van der Waals surface area contributed by atoms with Gasteiger partial charge in [-0.2, -0.15) is 0 Å². The number of urea groups is 1. The quantitative estimate of drug-likeness (QED) is 0.730. The van der Waals surface area contributed by atoms with Crippen LogP contribution in [0.4, 0.5) is 4.79 Å². The first-order valence-corrected chi connectivity index (χ1v) is 6.59. The summed E-state index contributed by atoms with van der Waals surface area (Å²) >= 11 is 0. The summed E-state index contributed by atoms with van der Waals surface area (Å²) in [5.74, 6) is 1.35. The summed E-state index contributed by atoms with van der Waals surface area (Å²) < 4.78 is 5.54. The first-order chi connectivity index (χ1) is 8.25. The molecule has 0 spiro atoms. The van der Waals surface area contributed by atoms with Crippen molar-refractivity contribution in [2.24, 2.45) is 11.8 Å². The van der Waals surface area contributed by atoms with E-state index in [1.165, 1.54) is 0 Å². The Kier molecular flexibility index (Phi) is 2.96. The van der Waals surface area contributed by atoms with Crippen LogP contribution in [-0.2, 0) is 4.74 Å². The molecule has 3 aliphatic rings. The van der Waals surface area contributed by atoms with Crippen LogP contribution in [0.15, 0.2) is 0 Å². The molecule has 2 N–H and O–H groups in total. The highest BCUT2D eigenvalue weighted by Gasteiger charge is 2.53. The fraction of sp³-hybridized carbons (Fsp3) is 0.917. The van der Waals surface area contributed by atoms with E-state index in [2.05, 4.69) is 10.6 Å². The lowest BCUT2D eigenvalue weighted by molar-refractivity contribution is 0.0873. The molecule has 3 fully saturated rings. The second kappa shape index (κ2) is 4.46. The van der Waals surface area contributed by atoms with E-state index in [1.54, 1.807) is 4.90 Å². The smallest absolute Gasteiger partial charge is 0.317 e. The summed E-state index contributed by atoms with van der Waals surface area (Å²) in [6.07, 6.45) is 2.44. The van der Waals surface area contributed by atoms with Gasteiger partial charge in [0.2, 0.25) is 0 Å². The standard InChI is InChI=1S/C12H21N3O2/c1-15(7-8-3-2-4-17-8)12(16)14-11-9-5-13-6-10(9)11/h8-11,13H,2-7H2,1H3,(H,14,16)/t8-,9-,10+,11?/m1/s1. The summed E-state index contributed by atoms with van der Waals surface area (Å²) in [6, 6.07) is 0.468. The lowest BCUT2D eigenvalue weighted by Crippen LogP contribution is -2.43. The third-order valence-electron chi connectivity index (χ3n) is 4.23. The Morgan fingerprint density at radius 1 is 1.47 bits per heavy atom. The van der Waals surface area contributed by atoms with Crippen LogP contribution in [0.25, 0.3) is 0 Å². The summed E-state index contributed by atoms with van der Waals surface area (Å²) in [6.45, 7) is 3.68. The zero-order chi connectivity index (χ0) is 11.8. The van der Waals surface area contributed by atoms with E-state index in [4.69, 9.17) is 4.74 Å². The number of amides is 2. The largest absolute Gasteiger partial charge is 0.376 e. The van der Waals surface area contributed by atoms with Gasteiger partial charge >= 0.3 is 6.03 Å². The molecule has 96 valence electrons. The molecule has 2 heterocycles. The van der Waals surface area contributed by atoms with Crippen molar-refractivity contribution < 1.29 is 9.53 Å². The van der Waals surface area contributed by atoms with Crippen LogP contribution in [0.5, 0.6) is 0 Å². The van der Waals surface area contributed by atoms with Gasteiger partial charge in [0.05, 0.1) is 6.10 Å². The van der Waals surface area contributed by atoms with E-state index in [-0.39, 0.29) is 12.1 Å². The zero-order valence-electron chi connectivity index (χ0n) is 10.3. The van der Waals surface area contributed by atoms with Gasteiger partial charge in [0.25, 0.3) is 0 Å². The van der Waals surface area contributed by atoms with Gasteiger partial charge in [0, 0.05) is 39.3 Å². The minimum atomic E-state index is 0.0555. The number of nitrogens with one attached hydrogen (secondary N) is 2. The monoisotopic (exact) mass is 239 g/mol. The molecule has 0 aromatic carbocycles. The number of fused-ring (bicyclic) bond motifs is 1. The Labute approximate surface area is 102 Å². The number of carbonyl (C=O) groups excluding carboxylic acids is 1. The normalized spacial score (nSPS) is 38.9. The average molecular weight is 239 g/mol. The van der Waals surface area contributed by atoms with Gasteiger partial charge in [-0.15, -0.1) is 0 Å². The zero-order valence-corrected chi connectivity index (χ0v) is 10.3. The molecule has 17 heavy (non-hydrogen) atoms. The van der Waals surface area contributed by atoms with Crippen molar-refractivity contribution in [3.05, 3.63) is 0 Å². The minimum absolute atomic E-state index is 0.0555. The van der Waals surface area contributed by atoms with Crippen LogP contribution in [0.3, 0.4) is 0 Å². The highest BCUT2D eigenvalue weighted by atomic mass is 16.5. The van der Waals surface area contributed by atoms with E-state index in [0.717, 1.165) is 32.5 Å². The number of likely N-dealkylation sites (N-methyl/N-ethyl adjacent to an activating group) is 1. The maximum Gasteiger partial charge on any atom is 0.317 e. The molecule has 1 aliphatic carbocycles. The number of nitrogens with zero attached hydrogens (tertiary/aromatic N) is 1. The lowest BCUT2D eigenvalue weighted by Gasteiger charge is -2.21. The van der Waals surface area contributed by atoms with Crippen molar-refractivity contribution in [1.82, 2.24) is 15.5 Å². The molecule has 5 nitrogen and oxygen atoms in total. The summed E-state index contributed by atoms with van der Waals surface area (Å²) in [5.41, 5.74) is 0. The third-order valence-corrected chi connectivity index (χ3v) is 4.23. The number of hydrogen-bond donors (Lipinski definition) is 2. The van der Waals surface area contributed by atoms with Gasteiger partial charge in [-0.05, 0) is 24.7 Å². The number of hydrogen-bond acceptors (Lipinski definition) is 3. The molecule has 3 rings (SSSR count). The average Bonchev–Trinajstić information content (AvgIpc) is 2.81. The first kappa shape index (κ1) is 11.3. The molecule has 0 radical (unpaired) electrons. The molecule has 5 heteroatoms. The Morgan fingerprint density at radius 2 is 2.24 bits per heavy atom. The Morgan fingerprint density at radius 3 is 2.88 bits per heavy atom. The summed E-state index contributed by atoms with van der Waals surface area (Å²) in [4.78, 5) is 13.7. The van der Waals surface area contributed by atoms with E-state index >= 15 is 0 Å². The van der Waals surface area contributed by atoms with Crippen molar-refractivity contribution in [3.63, 3.8) is 0 Å². The van der Waals surface area contributed by atoms with E-state index < -0.39 is 0 Å². The van der Waals surface area contributed by atoms with Crippen molar-refractivity contribution in [3.8, 4) is 0 Å². The Bertz CT molecular complexity index is 294. The molecule has 0 bridgehead atoms. The fourth-order valence-electron chi connectivity index (χ4n) is 3.06.